The lowest BCUT2D eigenvalue weighted by molar-refractivity contribution is -0.119. The van der Waals surface area contributed by atoms with E-state index in [1.54, 1.807) is 13.1 Å². The molecule has 1 amide bonds. The van der Waals surface area contributed by atoms with Gasteiger partial charge in [0.2, 0.25) is 11.9 Å². The molecule has 0 radical (unpaired) electrons. The van der Waals surface area contributed by atoms with Gasteiger partial charge in [-0.3, -0.25) is 9.78 Å². The van der Waals surface area contributed by atoms with Crippen LogP contribution in [0.25, 0.3) is 10.9 Å². The fourth-order valence-electron chi connectivity index (χ4n) is 3.73. The standard InChI is InChI=1S/C22H26N6O/c1-3-6-17-12-21(28-10-9-18(14-28)24-15(2)29)27-22(25-17)26-19-11-16-7-4-5-8-20(16)23-13-19/h4-5,7-8,11-13,18H,3,6,9-10,14H2,1-2H3,(H,24,29)(H,25,26,27). The monoisotopic (exact) mass is 390 g/mol. The van der Waals surface area contributed by atoms with Crippen molar-refractivity contribution in [1.29, 1.82) is 0 Å². The lowest BCUT2D eigenvalue weighted by Crippen LogP contribution is -2.35. The maximum Gasteiger partial charge on any atom is 0.229 e. The van der Waals surface area contributed by atoms with Gasteiger partial charge in [-0.2, -0.15) is 4.98 Å². The summed E-state index contributed by atoms with van der Waals surface area (Å²) in [5.74, 6) is 1.48. The first-order chi connectivity index (χ1) is 14.1. The van der Waals surface area contributed by atoms with Gasteiger partial charge in [0.15, 0.2) is 0 Å². The fourth-order valence-corrected chi connectivity index (χ4v) is 3.73. The number of rotatable bonds is 6. The Balaban J connectivity index is 1.58. The van der Waals surface area contributed by atoms with Crippen LogP contribution in [-0.2, 0) is 11.2 Å². The molecule has 0 saturated carbocycles. The number of amides is 1. The second-order valence-electron chi connectivity index (χ2n) is 7.46. The Hall–Kier alpha value is -3.22. The minimum absolute atomic E-state index is 0.0115. The van der Waals surface area contributed by atoms with Crippen LogP contribution in [0, 0.1) is 0 Å². The molecule has 0 spiro atoms. The third-order valence-electron chi connectivity index (χ3n) is 5.04. The number of aryl methyl sites for hydroxylation is 1. The number of aromatic nitrogens is 3. The number of hydrogen-bond acceptors (Lipinski definition) is 6. The lowest BCUT2D eigenvalue weighted by Gasteiger charge is -2.19. The summed E-state index contributed by atoms with van der Waals surface area (Å²) < 4.78 is 0. The Morgan fingerprint density at radius 3 is 2.93 bits per heavy atom. The molecule has 7 nitrogen and oxygen atoms in total. The maximum atomic E-state index is 11.4. The molecule has 3 aromatic rings. The zero-order valence-electron chi connectivity index (χ0n) is 16.9. The minimum Gasteiger partial charge on any atom is -0.354 e. The quantitative estimate of drug-likeness (QED) is 0.671. The van der Waals surface area contributed by atoms with Crippen molar-refractivity contribution < 1.29 is 4.79 Å². The van der Waals surface area contributed by atoms with Crippen molar-refractivity contribution in [3.8, 4) is 0 Å². The third kappa shape index (κ3) is 4.62. The SMILES string of the molecule is CCCc1cc(N2CCC(NC(C)=O)C2)nc(Nc2cnc3ccccc3c2)n1. The van der Waals surface area contributed by atoms with E-state index in [9.17, 15) is 4.79 Å². The van der Waals surface area contributed by atoms with Crippen LogP contribution in [0.3, 0.4) is 0 Å². The number of nitrogens with zero attached hydrogens (tertiary/aromatic N) is 4. The van der Waals surface area contributed by atoms with Gasteiger partial charge >= 0.3 is 0 Å². The number of hydrogen-bond donors (Lipinski definition) is 2. The Kier molecular flexibility index (Phi) is 5.55. The summed E-state index contributed by atoms with van der Waals surface area (Å²) in [6.45, 7) is 5.33. The van der Waals surface area contributed by atoms with Crippen molar-refractivity contribution in [3.05, 3.63) is 48.3 Å². The molecule has 0 aliphatic carbocycles. The number of fused-ring (bicyclic) bond motifs is 1. The average molecular weight is 390 g/mol. The largest absolute Gasteiger partial charge is 0.354 e. The summed E-state index contributed by atoms with van der Waals surface area (Å²) in [6, 6.07) is 12.3. The zero-order chi connectivity index (χ0) is 20.2. The van der Waals surface area contributed by atoms with Crippen LogP contribution in [0.15, 0.2) is 42.6 Å². The molecular formula is C22H26N6O. The highest BCUT2D eigenvalue weighted by molar-refractivity contribution is 5.82. The van der Waals surface area contributed by atoms with Gasteiger partial charge in [-0.25, -0.2) is 4.98 Å². The van der Waals surface area contributed by atoms with Crippen LogP contribution in [0.5, 0.6) is 0 Å². The molecule has 1 aromatic carbocycles. The molecule has 29 heavy (non-hydrogen) atoms. The van der Waals surface area contributed by atoms with Crippen molar-refractivity contribution in [2.75, 3.05) is 23.3 Å². The van der Waals surface area contributed by atoms with Crippen molar-refractivity contribution in [1.82, 2.24) is 20.3 Å². The molecule has 1 unspecified atom stereocenters. The summed E-state index contributed by atoms with van der Waals surface area (Å²) in [4.78, 5) is 27.5. The van der Waals surface area contributed by atoms with E-state index in [0.29, 0.717) is 5.95 Å². The zero-order valence-corrected chi connectivity index (χ0v) is 16.9. The Morgan fingerprint density at radius 1 is 1.24 bits per heavy atom. The fraction of sp³-hybridized carbons (Fsp3) is 0.364. The minimum atomic E-state index is 0.0115. The van der Waals surface area contributed by atoms with Crippen molar-refractivity contribution >= 4 is 34.3 Å². The molecule has 1 saturated heterocycles. The molecule has 4 rings (SSSR count). The van der Waals surface area contributed by atoms with Crippen molar-refractivity contribution in [3.63, 3.8) is 0 Å². The molecular weight excluding hydrogens is 364 g/mol. The van der Waals surface area contributed by atoms with Gasteiger partial charge in [0, 0.05) is 43.2 Å². The second-order valence-corrected chi connectivity index (χ2v) is 7.46. The predicted molar refractivity (Wildman–Crippen MR) is 115 cm³/mol. The summed E-state index contributed by atoms with van der Waals surface area (Å²) in [5, 5.41) is 7.40. The van der Waals surface area contributed by atoms with Gasteiger partial charge < -0.3 is 15.5 Å². The van der Waals surface area contributed by atoms with Gasteiger partial charge in [-0.15, -0.1) is 0 Å². The van der Waals surface area contributed by atoms with Gasteiger partial charge in [-0.05, 0) is 25.0 Å². The number of para-hydroxylation sites is 1. The first-order valence-electron chi connectivity index (χ1n) is 10.1. The van der Waals surface area contributed by atoms with Gasteiger partial charge in [0.25, 0.3) is 0 Å². The van der Waals surface area contributed by atoms with E-state index in [-0.39, 0.29) is 11.9 Å². The first kappa shape index (κ1) is 19.1. The van der Waals surface area contributed by atoms with Crippen LogP contribution < -0.4 is 15.5 Å². The number of nitrogens with one attached hydrogen (secondary N) is 2. The van der Waals surface area contributed by atoms with E-state index in [0.717, 1.165) is 60.5 Å². The number of anilines is 3. The van der Waals surface area contributed by atoms with Crippen LogP contribution in [0.1, 0.15) is 32.4 Å². The predicted octanol–water partition coefficient (Wildman–Crippen LogP) is 3.44. The summed E-state index contributed by atoms with van der Waals surface area (Å²) >= 11 is 0. The van der Waals surface area contributed by atoms with Crippen LogP contribution in [0.4, 0.5) is 17.5 Å². The van der Waals surface area contributed by atoms with E-state index in [1.165, 1.54) is 0 Å². The van der Waals surface area contributed by atoms with E-state index < -0.39 is 0 Å². The third-order valence-corrected chi connectivity index (χ3v) is 5.04. The van der Waals surface area contributed by atoms with E-state index in [4.69, 9.17) is 9.97 Å². The van der Waals surface area contributed by atoms with E-state index >= 15 is 0 Å². The molecule has 2 aromatic heterocycles. The molecule has 1 atom stereocenters. The number of pyridine rings is 1. The molecule has 7 heteroatoms. The normalized spacial score (nSPS) is 16.2. The molecule has 0 bridgehead atoms. The Morgan fingerprint density at radius 2 is 2.10 bits per heavy atom. The van der Waals surface area contributed by atoms with Crippen LogP contribution >= 0.6 is 0 Å². The maximum absolute atomic E-state index is 11.4. The lowest BCUT2D eigenvalue weighted by atomic mass is 10.2. The molecule has 1 fully saturated rings. The number of carbonyl (C=O) groups excluding carboxylic acids is 1. The second kappa shape index (κ2) is 8.43. The summed E-state index contributed by atoms with van der Waals surface area (Å²) in [7, 11) is 0. The van der Waals surface area contributed by atoms with Gasteiger partial charge in [-0.1, -0.05) is 31.5 Å². The highest BCUT2D eigenvalue weighted by atomic mass is 16.1. The van der Waals surface area contributed by atoms with Crippen LogP contribution in [-0.4, -0.2) is 40.0 Å². The first-order valence-corrected chi connectivity index (χ1v) is 10.1. The number of benzene rings is 1. The highest BCUT2D eigenvalue weighted by Crippen LogP contribution is 2.24. The number of carbonyl (C=O) groups is 1. The smallest absolute Gasteiger partial charge is 0.229 e. The van der Waals surface area contributed by atoms with Gasteiger partial charge in [0.05, 0.1) is 17.4 Å². The topological polar surface area (TPSA) is 83.0 Å². The molecule has 3 heterocycles. The van der Waals surface area contributed by atoms with Gasteiger partial charge in [0.1, 0.15) is 5.82 Å². The summed E-state index contributed by atoms with van der Waals surface area (Å²) in [6.07, 6.45) is 4.63. The molecule has 150 valence electrons. The average Bonchev–Trinajstić information content (AvgIpc) is 3.16. The Bertz CT molecular complexity index is 1020. The van der Waals surface area contributed by atoms with E-state index in [2.05, 4.69) is 39.6 Å². The summed E-state index contributed by atoms with van der Waals surface area (Å²) in [5.41, 5.74) is 2.83. The molecule has 1 aliphatic rings. The van der Waals surface area contributed by atoms with Crippen LogP contribution in [0.2, 0.25) is 0 Å². The van der Waals surface area contributed by atoms with Crippen molar-refractivity contribution in [2.24, 2.45) is 0 Å². The Labute approximate surface area is 170 Å². The van der Waals surface area contributed by atoms with Crippen molar-refractivity contribution in [2.45, 2.75) is 39.2 Å². The molecule has 1 aliphatic heterocycles. The highest BCUT2D eigenvalue weighted by Gasteiger charge is 2.24. The van der Waals surface area contributed by atoms with E-state index in [1.807, 2.05) is 24.3 Å². The molecule has 2 N–H and O–H groups in total.